The minimum Gasteiger partial charge on any atom is -0.462 e. The number of esters is 1. The normalized spacial score (nSPS) is 12.8. The van der Waals surface area contributed by atoms with E-state index in [1.165, 1.54) is 4.90 Å². The average molecular weight is 536 g/mol. The van der Waals surface area contributed by atoms with E-state index in [1.807, 2.05) is 0 Å². The number of para-hydroxylation sites is 1. The fourth-order valence-electron chi connectivity index (χ4n) is 2.99. The molecule has 196 valence electrons. The van der Waals surface area contributed by atoms with Gasteiger partial charge in [-0.2, -0.15) is 0 Å². The van der Waals surface area contributed by atoms with Gasteiger partial charge in [-0.25, -0.2) is 9.59 Å². The van der Waals surface area contributed by atoms with Gasteiger partial charge in [-0.15, -0.1) is 0 Å². The van der Waals surface area contributed by atoms with Gasteiger partial charge in [0.05, 0.1) is 21.5 Å². The zero-order valence-electron chi connectivity index (χ0n) is 21.4. The summed E-state index contributed by atoms with van der Waals surface area (Å²) in [5, 5.41) is 6.14. The van der Waals surface area contributed by atoms with Crippen molar-refractivity contribution in [1.29, 1.82) is 0 Å². The number of carbonyl (C=O) groups excluding carboxylic acids is 3. The fourth-order valence-corrected chi connectivity index (χ4v) is 3.82. The SMILES string of the molecule is CN(C)C(=O)NCc1cccc(SNC(=O)NC(C)(COC(=O)C(C)(C)C)c2cccc(Cl)c2)c1N. The van der Waals surface area contributed by atoms with Crippen LogP contribution in [0.25, 0.3) is 0 Å². The van der Waals surface area contributed by atoms with Gasteiger partial charge in [-0.3, -0.25) is 9.52 Å². The molecule has 5 N–H and O–H groups in total. The number of hydrogen-bond acceptors (Lipinski definition) is 6. The molecule has 4 amide bonds. The number of anilines is 1. The van der Waals surface area contributed by atoms with E-state index in [0.29, 0.717) is 21.2 Å². The number of nitrogens with one attached hydrogen (secondary N) is 3. The van der Waals surface area contributed by atoms with Crippen molar-refractivity contribution < 1.29 is 19.1 Å². The standard InChI is InChI=1S/C25H34ClN5O4S/c1-24(2,3)21(32)35-15-25(4,17-10-8-11-18(26)13-17)29-22(33)30-36-19-12-7-9-16(20(19)27)14-28-23(34)31(5)6/h7-13H,14-15,27H2,1-6H3,(H,28,34)(H2,29,30,33). The summed E-state index contributed by atoms with van der Waals surface area (Å²) in [6.07, 6.45) is 0. The third-order valence-electron chi connectivity index (χ3n) is 5.20. The smallest absolute Gasteiger partial charge is 0.325 e. The van der Waals surface area contributed by atoms with Crippen molar-refractivity contribution in [3.05, 3.63) is 58.6 Å². The molecular weight excluding hydrogens is 502 g/mol. The maximum atomic E-state index is 12.9. The summed E-state index contributed by atoms with van der Waals surface area (Å²) in [5.74, 6) is -0.390. The summed E-state index contributed by atoms with van der Waals surface area (Å²) in [6, 6.07) is 11.6. The lowest BCUT2D eigenvalue weighted by Gasteiger charge is -2.32. The van der Waals surface area contributed by atoms with Gasteiger partial charge in [0.1, 0.15) is 6.61 Å². The van der Waals surface area contributed by atoms with Crippen LogP contribution in [0, 0.1) is 5.41 Å². The van der Waals surface area contributed by atoms with E-state index in [-0.39, 0.29) is 19.2 Å². The van der Waals surface area contributed by atoms with Crippen LogP contribution in [0.3, 0.4) is 0 Å². The molecule has 2 aromatic rings. The molecule has 0 saturated carbocycles. The molecule has 2 rings (SSSR count). The Balaban J connectivity index is 2.12. The van der Waals surface area contributed by atoms with Crippen molar-refractivity contribution in [3.63, 3.8) is 0 Å². The molecule has 0 radical (unpaired) electrons. The minimum absolute atomic E-state index is 0.0925. The number of carbonyl (C=O) groups is 3. The van der Waals surface area contributed by atoms with E-state index in [0.717, 1.165) is 17.5 Å². The van der Waals surface area contributed by atoms with Crippen LogP contribution < -0.4 is 21.1 Å². The number of urea groups is 2. The highest BCUT2D eigenvalue weighted by Crippen LogP contribution is 2.28. The zero-order valence-corrected chi connectivity index (χ0v) is 23.0. The summed E-state index contributed by atoms with van der Waals surface area (Å²) in [5.41, 5.74) is 6.35. The van der Waals surface area contributed by atoms with Crippen LogP contribution in [-0.2, 0) is 21.6 Å². The highest BCUT2D eigenvalue weighted by molar-refractivity contribution is 7.98. The Morgan fingerprint density at radius 2 is 1.75 bits per heavy atom. The molecule has 1 unspecified atom stereocenters. The first-order valence-corrected chi connectivity index (χ1v) is 12.4. The van der Waals surface area contributed by atoms with Gasteiger partial charge in [-0.05, 0) is 69.0 Å². The Hall–Kier alpha value is -3.11. The van der Waals surface area contributed by atoms with Crippen LogP contribution >= 0.6 is 23.5 Å². The van der Waals surface area contributed by atoms with E-state index in [2.05, 4.69) is 15.4 Å². The van der Waals surface area contributed by atoms with Gasteiger partial charge in [0.2, 0.25) is 0 Å². The minimum atomic E-state index is -1.06. The summed E-state index contributed by atoms with van der Waals surface area (Å²) < 4.78 is 8.26. The molecule has 9 nitrogen and oxygen atoms in total. The molecule has 11 heteroatoms. The van der Waals surface area contributed by atoms with Crippen LogP contribution in [0.1, 0.15) is 38.8 Å². The second-order valence-electron chi connectivity index (χ2n) is 9.71. The van der Waals surface area contributed by atoms with Gasteiger partial charge in [-0.1, -0.05) is 35.9 Å². The number of nitrogens with zero attached hydrogens (tertiary/aromatic N) is 1. The van der Waals surface area contributed by atoms with E-state index in [4.69, 9.17) is 22.1 Å². The summed E-state index contributed by atoms with van der Waals surface area (Å²) >= 11 is 7.21. The Morgan fingerprint density at radius 3 is 2.36 bits per heavy atom. The van der Waals surface area contributed by atoms with Crippen molar-refractivity contribution in [2.24, 2.45) is 5.41 Å². The molecule has 0 heterocycles. The Bertz CT molecular complexity index is 1110. The molecule has 0 aliphatic heterocycles. The third-order valence-corrected chi connectivity index (χ3v) is 6.30. The third kappa shape index (κ3) is 8.23. The molecule has 0 fully saturated rings. The Labute approximate surface area is 221 Å². The number of ether oxygens (including phenoxy) is 1. The molecule has 0 aliphatic carbocycles. The van der Waals surface area contributed by atoms with Gasteiger partial charge < -0.3 is 26.0 Å². The fraction of sp³-hybridized carbons (Fsp3) is 0.400. The van der Waals surface area contributed by atoms with Crippen molar-refractivity contribution in [2.75, 3.05) is 26.4 Å². The highest BCUT2D eigenvalue weighted by Gasteiger charge is 2.33. The average Bonchev–Trinajstić information content (AvgIpc) is 2.80. The van der Waals surface area contributed by atoms with Crippen molar-refractivity contribution in [3.8, 4) is 0 Å². The first-order valence-electron chi connectivity index (χ1n) is 11.2. The number of nitrogen functional groups attached to an aromatic ring is 1. The van der Waals surface area contributed by atoms with Crippen LogP contribution in [0.4, 0.5) is 15.3 Å². The number of halogens is 1. The highest BCUT2D eigenvalue weighted by atomic mass is 35.5. The predicted octanol–water partition coefficient (Wildman–Crippen LogP) is 4.50. The van der Waals surface area contributed by atoms with Crippen molar-refractivity contribution in [2.45, 2.75) is 44.7 Å². The van der Waals surface area contributed by atoms with Crippen molar-refractivity contribution >= 4 is 47.3 Å². The maximum Gasteiger partial charge on any atom is 0.325 e. The monoisotopic (exact) mass is 535 g/mol. The molecular formula is C25H34ClN5O4S. The molecule has 0 spiro atoms. The van der Waals surface area contributed by atoms with E-state index < -0.39 is 23.0 Å². The van der Waals surface area contributed by atoms with Gasteiger partial charge in [0, 0.05) is 25.7 Å². The lowest BCUT2D eigenvalue weighted by atomic mass is 9.92. The topological polar surface area (TPSA) is 126 Å². The molecule has 0 aliphatic rings. The first-order chi connectivity index (χ1) is 16.7. The van der Waals surface area contributed by atoms with E-state index in [9.17, 15) is 14.4 Å². The van der Waals surface area contributed by atoms with Gasteiger partial charge >= 0.3 is 18.0 Å². The lowest BCUT2D eigenvalue weighted by Crippen LogP contribution is -2.50. The second kappa shape index (κ2) is 12.2. The quantitative estimate of drug-likeness (QED) is 0.224. The Kier molecular flexibility index (Phi) is 9.89. The van der Waals surface area contributed by atoms with Gasteiger partial charge in [0.15, 0.2) is 0 Å². The summed E-state index contributed by atoms with van der Waals surface area (Å²) in [4.78, 5) is 39.1. The number of hydrogen-bond donors (Lipinski definition) is 4. The van der Waals surface area contributed by atoms with Crippen molar-refractivity contribution in [1.82, 2.24) is 20.3 Å². The van der Waals surface area contributed by atoms with Crippen LogP contribution in [0.5, 0.6) is 0 Å². The number of rotatable bonds is 8. The summed E-state index contributed by atoms with van der Waals surface area (Å²) in [7, 11) is 3.30. The molecule has 2 aromatic carbocycles. The van der Waals surface area contributed by atoms with Crippen LogP contribution in [0.15, 0.2) is 47.4 Å². The molecule has 1 atom stereocenters. The largest absolute Gasteiger partial charge is 0.462 e. The summed E-state index contributed by atoms with van der Waals surface area (Å²) in [6.45, 7) is 7.18. The van der Waals surface area contributed by atoms with E-state index in [1.54, 1.807) is 84.3 Å². The molecule has 0 aromatic heterocycles. The molecule has 0 saturated heterocycles. The maximum absolute atomic E-state index is 12.9. The number of nitrogens with two attached hydrogens (primary N) is 1. The zero-order chi connectivity index (χ0) is 27.1. The first kappa shape index (κ1) is 29.1. The lowest BCUT2D eigenvalue weighted by molar-refractivity contribution is -0.155. The molecule has 0 bridgehead atoms. The number of amides is 4. The van der Waals surface area contributed by atoms with Gasteiger partial charge in [0.25, 0.3) is 0 Å². The van der Waals surface area contributed by atoms with E-state index >= 15 is 0 Å². The van der Waals surface area contributed by atoms with Crippen LogP contribution in [-0.4, -0.2) is 43.6 Å². The number of benzene rings is 2. The van der Waals surface area contributed by atoms with Crippen LogP contribution in [0.2, 0.25) is 5.02 Å². The molecule has 36 heavy (non-hydrogen) atoms. The predicted molar refractivity (Wildman–Crippen MR) is 144 cm³/mol. The second-order valence-corrected chi connectivity index (χ2v) is 11.0. The Morgan fingerprint density at radius 1 is 1.08 bits per heavy atom.